The number of carbonyl (C=O) groups excluding carboxylic acids is 1. The molecule has 1 N–H and O–H groups in total. The van der Waals surface area contributed by atoms with Crippen LogP contribution in [-0.2, 0) is 0 Å². The predicted molar refractivity (Wildman–Crippen MR) is 106 cm³/mol. The number of nitrogens with one attached hydrogen (secondary N) is 1. The summed E-state index contributed by atoms with van der Waals surface area (Å²) in [5, 5.41) is 4.01. The Balaban J connectivity index is 1.59. The van der Waals surface area contributed by atoms with Gasteiger partial charge in [-0.2, -0.15) is 5.10 Å². The highest BCUT2D eigenvalue weighted by Gasteiger charge is 2.15. The molecule has 1 heterocycles. The van der Waals surface area contributed by atoms with E-state index in [0.717, 1.165) is 12.0 Å². The van der Waals surface area contributed by atoms with Crippen LogP contribution in [0.1, 0.15) is 36.2 Å². The van der Waals surface area contributed by atoms with Crippen LogP contribution >= 0.6 is 0 Å². The minimum Gasteiger partial charge on any atom is -0.493 e. The first kappa shape index (κ1) is 19.5. The van der Waals surface area contributed by atoms with Crippen molar-refractivity contribution in [2.24, 2.45) is 11.0 Å². The lowest BCUT2D eigenvalue weighted by atomic mass is 10.1. The highest BCUT2D eigenvalue weighted by atomic mass is 16.7. The molecule has 7 heteroatoms. The molecule has 148 valence electrons. The molecule has 0 aromatic heterocycles. The van der Waals surface area contributed by atoms with Crippen molar-refractivity contribution in [2.75, 3.05) is 20.5 Å². The summed E-state index contributed by atoms with van der Waals surface area (Å²) in [6.45, 7) is 5.10. The molecule has 0 radical (unpaired) electrons. The maximum absolute atomic E-state index is 12.2. The zero-order valence-electron chi connectivity index (χ0n) is 16.2. The van der Waals surface area contributed by atoms with E-state index in [1.807, 2.05) is 12.1 Å². The summed E-state index contributed by atoms with van der Waals surface area (Å²) in [4.78, 5) is 12.2. The molecule has 0 fully saturated rings. The van der Waals surface area contributed by atoms with Gasteiger partial charge in [-0.1, -0.05) is 13.8 Å². The number of carbonyl (C=O) groups is 1. The fourth-order valence-electron chi connectivity index (χ4n) is 2.56. The molecule has 0 saturated heterocycles. The Morgan fingerprint density at radius 3 is 2.79 bits per heavy atom. The van der Waals surface area contributed by atoms with Gasteiger partial charge in [-0.25, -0.2) is 5.43 Å². The van der Waals surface area contributed by atoms with E-state index in [0.29, 0.717) is 41.1 Å². The number of benzene rings is 2. The largest absolute Gasteiger partial charge is 0.493 e. The molecule has 0 saturated carbocycles. The average Bonchev–Trinajstić information content (AvgIpc) is 3.16. The van der Waals surface area contributed by atoms with Crippen molar-refractivity contribution in [2.45, 2.75) is 20.3 Å². The third kappa shape index (κ3) is 4.94. The van der Waals surface area contributed by atoms with E-state index in [2.05, 4.69) is 24.4 Å². The molecule has 0 atom stereocenters. The third-order valence-corrected chi connectivity index (χ3v) is 4.15. The molecule has 0 bridgehead atoms. The lowest BCUT2D eigenvalue weighted by Crippen LogP contribution is -2.17. The summed E-state index contributed by atoms with van der Waals surface area (Å²) in [6, 6.07) is 10.5. The monoisotopic (exact) mass is 384 g/mol. The number of hydrazone groups is 1. The van der Waals surface area contributed by atoms with Gasteiger partial charge in [0.2, 0.25) is 6.79 Å². The zero-order valence-corrected chi connectivity index (χ0v) is 16.2. The number of methoxy groups -OCH3 is 1. The second-order valence-electron chi connectivity index (χ2n) is 6.71. The van der Waals surface area contributed by atoms with Crippen LogP contribution in [0.15, 0.2) is 41.5 Å². The number of fused-ring (bicyclic) bond motifs is 1. The quantitative estimate of drug-likeness (QED) is 0.556. The van der Waals surface area contributed by atoms with Crippen LogP contribution in [0.4, 0.5) is 0 Å². The van der Waals surface area contributed by atoms with Crippen LogP contribution < -0.4 is 24.4 Å². The SMILES string of the molecule is COc1cc(/C=N\NC(=O)c2ccc3c(c2)OCO3)ccc1OCCC(C)C. The van der Waals surface area contributed by atoms with Crippen LogP contribution in [0.25, 0.3) is 0 Å². The van der Waals surface area contributed by atoms with Crippen LogP contribution in [0.2, 0.25) is 0 Å². The first-order valence-corrected chi connectivity index (χ1v) is 9.10. The fraction of sp³-hybridized carbons (Fsp3) is 0.333. The van der Waals surface area contributed by atoms with E-state index in [1.54, 1.807) is 37.6 Å². The van der Waals surface area contributed by atoms with Crippen molar-refractivity contribution in [1.29, 1.82) is 0 Å². The summed E-state index contributed by atoms with van der Waals surface area (Å²) in [5.41, 5.74) is 3.71. The van der Waals surface area contributed by atoms with E-state index in [9.17, 15) is 4.79 Å². The smallest absolute Gasteiger partial charge is 0.271 e. The van der Waals surface area contributed by atoms with Crippen molar-refractivity contribution in [3.8, 4) is 23.0 Å². The van der Waals surface area contributed by atoms with Crippen LogP contribution in [0, 0.1) is 5.92 Å². The van der Waals surface area contributed by atoms with Crippen molar-refractivity contribution in [3.05, 3.63) is 47.5 Å². The van der Waals surface area contributed by atoms with Gasteiger partial charge in [0.1, 0.15) is 0 Å². The van der Waals surface area contributed by atoms with Gasteiger partial charge in [-0.15, -0.1) is 0 Å². The van der Waals surface area contributed by atoms with E-state index >= 15 is 0 Å². The molecule has 3 rings (SSSR count). The second kappa shape index (κ2) is 9.12. The first-order chi connectivity index (χ1) is 13.6. The van der Waals surface area contributed by atoms with E-state index < -0.39 is 0 Å². The van der Waals surface area contributed by atoms with Gasteiger partial charge in [0.25, 0.3) is 5.91 Å². The number of ether oxygens (including phenoxy) is 4. The van der Waals surface area contributed by atoms with E-state index in [1.165, 1.54) is 0 Å². The predicted octanol–water partition coefficient (Wildman–Crippen LogP) is 3.61. The Morgan fingerprint density at radius 2 is 2.00 bits per heavy atom. The van der Waals surface area contributed by atoms with Crippen molar-refractivity contribution >= 4 is 12.1 Å². The Bertz CT molecular complexity index is 864. The standard InChI is InChI=1S/C21H24N2O5/c1-14(2)8-9-26-17-6-4-15(10-19(17)25-3)12-22-23-21(24)16-5-7-18-20(11-16)28-13-27-18/h4-7,10-12,14H,8-9,13H2,1-3H3,(H,23,24)/b22-12-. The molecular weight excluding hydrogens is 360 g/mol. The lowest BCUT2D eigenvalue weighted by Gasteiger charge is -2.12. The topological polar surface area (TPSA) is 78.4 Å². The van der Waals surface area contributed by atoms with Crippen molar-refractivity contribution < 1.29 is 23.7 Å². The van der Waals surface area contributed by atoms with Crippen LogP contribution in [-0.4, -0.2) is 32.6 Å². The molecule has 0 aliphatic carbocycles. The second-order valence-corrected chi connectivity index (χ2v) is 6.71. The molecule has 1 aliphatic rings. The summed E-state index contributed by atoms with van der Waals surface area (Å²) in [6.07, 6.45) is 2.52. The molecule has 1 amide bonds. The van der Waals surface area contributed by atoms with Gasteiger partial charge >= 0.3 is 0 Å². The number of hydrogen-bond acceptors (Lipinski definition) is 6. The molecule has 2 aromatic carbocycles. The number of nitrogens with zero attached hydrogens (tertiary/aromatic N) is 1. The summed E-state index contributed by atoms with van der Waals surface area (Å²) < 4.78 is 21.7. The Morgan fingerprint density at radius 1 is 1.18 bits per heavy atom. The Labute approximate surface area is 164 Å². The molecule has 0 unspecified atom stereocenters. The Kier molecular flexibility index (Phi) is 6.37. The summed E-state index contributed by atoms with van der Waals surface area (Å²) in [5.74, 6) is 2.72. The highest BCUT2D eigenvalue weighted by molar-refractivity contribution is 5.95. The Hall–Kier alpha value is -3.22. The van der Waals surface area contributed by atoms with Crippen molar-refractivity contribution in [3.63, 3.8) is 0 Å². The molecular formula is C21H24N2O5. The third-order valence-electron chi connectivity index (χ3n) is 4.15. The molecule has 0 spiro atoms. The highest BCUT2D eigenvalue weighted by Crippen LogP contribution is 2.32. The zero-order chi connectivity index (χ0) is 19.9. The van der Waals surface area contributed by atoms with Gasteiger partial charge in [0.15, 0.2) is 23.0 Å². The maximum Gasteiger partial charge on any atom is 0.271 e. The van der Waals surface area contributed by atoms with Gasteiger partial charge in [0, 0.05) is 5.56 Å². The molecule has 1 aliphatic heterocycles. The average molecular weight is 384 g/mol. The van der Waals surface area contributed by atoms with Crippen LogP contribution in [0.3, 0.4) is 0 Å². The first-order valence-electron chi connectivity index (χ1n) is 9.10. The van der Waals surface area contributed by atoms with Gasteiger partial charge in [-0.05, 0) is 54.3 Å². The van der Waals surface area contributed by atoms with E-state index in [4.69, 9.17) is 18.9 Å². The maximum atomic E-state index is 12.2. The van der Waals surface area contributed by atoms with E-state index in [-0.39, 0.29) is 12.7 Å². The lowest BCUT2D eigenvalue weighted by molar-refractivity contribution is 0.0954. The van der Waals surface area contributed by atoms with Gasteiger partial charge < -0.3 is 18.9 Å². The number of hydrogen-bond donors (Lipinski definition) is 1. The molecule has 2 aromatic rings. The molecule has 7 nitrogen and oxygen atoms in total. The molecule has 28 heavy (non-hydrogen) atoms. The normalized spacial score (nSPS) is 12.4. The fourth-order valence-corrected chi connectivity index (χ4v) is 2.56. The number of rotatable bonds is 8. The minimum atomic E-state index is -0.338. The van der Waals surface area contributed by atoms with Gasteiger partial charge in [-0.3, -0.25) is 4.79 Å². The summed E-state index contributed by atoms with van der Waals surface area (Å²) in [7, 11) is 1.59. The number of amides is 1. The van der Waals surface area contributed by atoms with Gasteiger partial charge in [0.05, 0.1) is 19.9 Å². The summed E-state index contributed by atoms with van der Waals surface area (Å²) >= 11 is 0. The minimum absolute atomic E-state index is 0.164. The van der Waals surface area contributed by atoms with Crippen LogP contribution in [0.5, 0.6) is 23.0 Å². The van der Waals surface area contributed by atoms with Crippen molar-refractivity contribution in [1.82, 2.24) is 5.43 Å².